The molecule has 1 heterocycles. The number of amides is 1. The van der Waals surface area contributed by atoms with Gasteiger partial charge >= 0.3 is 7.12 Å². The molecule has 0 saturated carbocycles. The lowest BCUT2D eigenvalue weighted by molar-refractivity contribution is -0.109. The average Bonchev–Trinajstić information content (AvgIpc) is 2.54. The number of hydrogen-bond acceptors (Lipinski definition) is 3. The first-order valence-corrected chi connectivity index (χ1v) is 4.42. The first kappa shape index (κ1) is 9.24. The second-order valence-corrected chi connectivity index (χ2v) is 3.13. The molecule has 2 rings (SSSR count). The number of rotatable bonds is 3. The molecule has 0 aliphatic carbocycles. The van der Waals surface area contributed by atoms with Crippen LogP contribution in [0.25, 0.3) is 0 Å². The molecule has 1 unspecified atom stereocenters. The number of fused-ring (bicyclic) bond motifs is 1. The van der Waals surface area contributed by atoms with Gasteiger partial charge in [-0.1, -0.05) is 24.3 Å². The molecule has 1 aliphatic heterocycles. The topological polar surface area (TPSA) is 58.6 Å². The molecular weight excluding hydrogens is 181 g/mol. The number of benzene rings is 1. The zero-order valence-electron chi connectivity index (χ0n) is 7.51. The highest BCUT2D eigenvalue weighted by atomic mass is 16.5. The van der Waals surface area contributed by atoms with Crippen LogP contribution in [-0.2, 0) is 9.45 Å². The van der Waals surface area contributed by atoms with Crippen molar-refractivity contribution in [1.29, 1.82) is 0 Å². The van der Waals surface area contributed by atoms with Gasteiger partial charge in [0.15, 0.2) is 0 Å². The van der Waals surface area contributed by atoms with Crippen LogP contribution in [0.4, 0.5) is 0 Å². The summed E-state index contributed by atoms with van der Waals surface area (Å²) in [4.78, 5) is 10.1. The number of carbonyl (C=O) groups is 1. The van der Waals surface area contributed by atoms with Crippen molar-refractivity contribution in [3.63, 3.8) is 0 Å². The number of nitrogens with one attached hydrogen (secondary N) is 1. The maximum absolute atomic E-state index is 10.1. The van der Waals surface area contributed by atoms with Gasteiger partial charge in [0.25, 0.3) is 0 Å². The molecule has 1 amide bonds. The molecule has 1 aromatic rings. The van der Waals surface area contributed by atoms with Gasteiger partial charge in [-0.05, 0) is 11.0 Å². The lowest BCUT2D eigenvalue weighted by Crippen LogP contribution is -2.28. The van der Waals surface area contributed by atoms with Crippen LogP contribution in [0, 0.1) is 0 Å². The van der Waals surface area contributed by atoms with Crippen molar-refractivity contribution in [3.8, 4) is 0 Å². The van der Waals surface area contributed by atoms with Gasteiger partial charge < -0.3 is 15.0 Å². The van der Waals surface area contributed by atoms with Crippen LogP contribution < -0.4 is 10.8 Å². The zero-order chi connectivity index (χ0) is 9.97. The van der Waals surface area contributed by atoms with E-state index in [0.29, 0.717) is 13.0 Å². The summed E-state index contributed by atoms with van der Waals surface area (Å²) in [6.45, 7) is 0.386. The van der Waals surface area contributed by atoms with Crippen LogP contribution in [0.5, 0.6) is 0 Å². The standard InChI is InChI=1S/C9H10BNO3/c12-6-11-5-9-7-3-1-2-4-8(7)10(13)14-9/h1-4,6,9,13H,5H2,(H,11,12). The minimum atomic E-state index is -0.871. The third-order valence-corrected chi connectivity index (χ3v) is 2.29. The zero-order valence-corrected chi connectivity index (χ0v) is 7.51. The maximum Gasteiger partial charge on any atom is 0.492 e. The Balaban J connectivity index is 2.21. The first-order chi connectivity index (χ1) is 6.83. The van der Waals surface area contributed by atoms with Crippen LogP contribution >= 0.6 is 0 Å². The van der Waals surface area contributed by atoms with Crippen molar-refractivity contribution >= 4 is 19.0 Å². The molecular formula is C9H10BNO3. The largest absolute Gasteiger partial charge is 0.492 e. The van der Waals surface area contributed by atoms with Crippen LogP contribution in [0.1, 0.15) is 11.7 Å². The molecule has 1 aliphatic rings. The molecule has 0 radical (unpaired) electrons. The predicted octanol–water partition coefficient (Wildman–Crippen LogP) is -0.809. The van der Waals surface area contributed by atoms with Gasteiger partial charge in [-0.25, -0.2) is 0 Å². The van der Waals surface area contributed by atoms with Gasteiger partial charge in [-0.15, -0.1) is 0 Å². The molecule has 0 spiro atoms. The quantitative estimate of drug-likeness (QED) is 0.485. The van der Waals surface area contributed by atoms with E-state index in [4.69, 9.17) is 4.65 Å². The van der Waals surface area contributed by atoms with E-state index in [1.165, 1.54) is 0 Å². The summed E-state index contributed by atoms with van der Waals surface area (Å²) in [5.74, 6) is 0. The van der Waals surface area contributed by atoms with Gasteiger partial charge in [-0.3, -0.25) is 4.79 Å². The van der Waals surface area contributed by atoms with E-state index in [-0.39, 0.29) is 6.10 Å². The highest BCUT2D eigenvalue weighted by Gasteiger charge is 2.34. The smallest absolute Gasteiger partial charge is 0.423 e. The molecule has 1 aromatic carbocycles. The summed E-state index contributed by atoms with van der Waals surface area (Å²) in [6.07, 6.45) is 0.378. The van der Waals surface area contributed by atoms with E-state index in [1.807, 2.05) is 24.3 Å². The fraction of sp³-hybridized carbons (Fsp3) is 0.222. The van der Waals surface area contributed by atoms with Gasteiger partial charge in [0.2, 0.25) is 6.41 Å². The third-order valence-electron chi connectivity index (χ3n) is 2.29. The van der Waals surface area contributed by atoms with Gasteiger partial charge in [-0.2, -0.15) is 0 Å². The number of hydrogen-bond donors (Lipinski definition) is 2. The van der Waals surface area contributed by atoms with Gasteiger partial charge in [0, 0.05) is 6.54 Å². The van der Waals surface area contributed by atoms with Crippen LogP contribution in [-0.4, -0.2) is 25.1 Å². The SMILES string of the molecule is O=CNCC1OB(O)c2ccccc21. The van der Waals surface area contributed by atoms with Crippen LogP contribution in [0.2, 0.25) is 0 Å². The third kappa shape index (κ3) is 1.52. The predicted molar refractivity (Wildman–Crippen MR) is 51.9 cm³/mol. The van der Waals surface area contributed by atoms with Crippen molar-refractivity contribution in [2.45, 2.75) is 6.10 Å². The Bertz CT molecular complexity index is 345. The fourth-order valence-electron chi connectivity index (χ4n) is 1.64. The average molecular weight is 191 g/mol. The van der Waals surface area contributed by atoms with E-state index in [9.17, 15) is 9.82 Å². The van der Waals surface area contributed by atoms with E-state index in [1.54, 1.807) is 0 Å². The normalized spacial score (nSPS) is 19.2. The maximum atomic E-state index is 10.1. The molecule has 72 valence electrons. The first-order valence-electron chi connectivity index (χ1n) is 4.42. The highest BCUT2D eigenvalue weighted by Crippen LogP contribution is 2.21. The highest BCUT2D eigenvalue weighted by molar-refractivity contribution is 6.61. The Morgan fingerprint density at radius 2 is 2.36 bits per heavy atom. The summed E-state index contributed by atoms with van der Waals surface area (Å²) in [7, 11) is -0.871. The Morgan fingerprint density at radius 1 is 1.57 bits per heavy atom. The lowest BCUT2D eigenvalue weighted by atomic mass is 9.79. The van der Waals surface area contributed by atoms with Crippen LogP contribution in [0.3, 0.4) is 0 Å². The second-order valence-electron chi connectivity index (χ2n) is 3.13. The Labute approximate surface area is 82.0 Å². The molecule has 0 bridgehead atoms. The molecule has 0 fully saturated rings. The van der Waals surface area contributed by atoms with Crippen molar-refractivity contribution in [2.75, 3.05) is 6.54 Å². The van der Waals surface area contributed by atoms with E-state index in [2.05, 4.69) is 5.32 Å². The number of carbonyl (C=O) groups excluding carboxylic acids is 1. The molecule has 4 nitrogen and oxygen atoms in total. The molecule has 0 saturated heterocycles. The monoisotopic (exact) mass is 191 g/mol. The van der Waals surface area contributed by atoms with Gasteiger partial charge in [0.1, 0.15) is 0 Å². The molecule has 1 atom stereocenters. The molecule has 0 aromatic heterocycles. The summed E-state index contributed by atoms with van der Waals surface area (Å²) in [6, 6.07) is 7.44. The Kier molecular flexibility index (Phi) is 2.52. The minimum absolute atomic E-state index is 0.244. The summed E-state index contributed by atoms with van der Waals surface area (Å²) < 4.78 is 5.27. The Morgan fingerprint density at radius 3 is 3.14 bits per heavy atom. The van der Waals surface area contributed by atoms with Crippen LogP contribution in [0.15, 0.2) is 24.3 Å². The van der Waals surface area contributed by atoms with E-state index >= 15 is 0 Å². The lowest BCUT2D eigenvalue weighted by Gasteiger charge is -2.10. The second kappa shape index (κ2) is 3.81. The Hall–Kier alpha value is -1.33. The van der Waals surface area contributed by atoms with Crippen molar-refractivity contribution in [2.24, 2.45) is 0 Å². The van der Waals surface area contributed by atoms with Crippen molar-refractivity contribution in [3.05, 3.63) is 29.8 Å². The van der Waals surface area contributed by atoms with Crippen molar-refractivity contribution < 1.29 is 14.5 Å². The summed E-state index contributed by atoms with van der Waals surface area (Å²) in [5, 5.41) is 12.0. The summed E-state index contributed by atoms with van der Waals surface area (Å²) in [5.41, 5.74) is 1.72. The molecule has 5 heteroatoms. The fourth-order valence-corrected chi connectivity index (χ4v) is 1.64. The van der Waals surface area contributed by atoms with E-state index < -0.39 is 7.12 Å². The van der Waals surface area contributed by atoms with Gasteiger partial charge in [0.05, 0.1) is 6.10 Å². The van der Waals surface area contributed by atoms with Crippen molar-refractivity contribution in [1.82, 2.24) is 5.32 Å². The molecule has 2 N–H and O–H groups in total. The van der Waals surface area contributed by atoms with E-state index in [0.717, 1.165) is 11.0 Å². The summed E-state index contributed by atoms with van der Waals surface area (Å²) >= 11 is 0. The molecule has 14 heavy (non-hydrogen) atoms. The minimum Gasteiger partial charge on any atom is -0.423 e.